The molecular weight excluding hydrogens is 253 g/mol. The average Bonchev–Trinajstić information content (AvgIpc) is 2.40. The lowest BCUT2D eigenvalue weighted by Gasteiger charge is -2.10. The predicted octanol–water partition coefficient (Wildman–Crippen LogP) is 3.36. The van der Waals surface area contributed by atoms with Crippen molar-refractivity contribution in [1.29, 1.82) is 5.26 Å². The lowest BCUT2D eigenvalue weighted by atomic mass is 10.1. The van der Waals surface area contributed by atoms with Gasteiger partial charge in [-0.15, -0.1) is 0 Å². The number of benzene rings is 1. The Balaban J connectivity index is 2.04. The molecule has 1 heterocycles. The second-order valence-electron chi connectivity index (χ2n) is 4.69. The van der Waals surface area contributed by atoms with Crippen molar-refractivity contribution in [3.05, 3.63) is 58.7 Å². The Morgan fingerprint density at radius 3 is 2.60 bits per heavy atom. The Kier molecular flexibility index (Phi) is 4.31. The molecule has 0 aliphatic rings. The van der Waals surface area contributed by atoms with Gasteiger partial charge in [0, 0.05) is 12.2 Å². The monoisotopic (exact) mass is 269 g/mol. The third-order valence-electron chi connectivity index (χ3n) is 3.08. The van der Waals surface area contributed by atoms with Crippen LogP contribution >= 0.6 is 0 Å². The number of halogens is 1. The number of hydrogen-bond donors (Lipinski definition) is 1. The molecule has 3 nitrogen and oxygen atoms in total. The number of nitrogens with zero attached hydrogens (tertiary/aromatic N) is 2. The molecule has 1 aromatic carbocycles. The van der Waals surface area contributed by atoms with E-state index in [1.807, 2.05) is 19.9 Å². The first-order valence-electron chi connectivity index (χ1n) is 6.47. The molecule has 0 saturated carbocycles. The van der Waals surface area contributed by atoms with Gasteiger partial charge in [0.05, 0.1) is 16.9 Å². The van der Waals surface area contributed by atoms with Crippen LogP contribution < -0.4 is 5.32 Å². The van der Waals surface area contributed by atoms with Crippen molar-refractivity contribution in [3.8, 4) is 6.07 Å². The molecule has 20 heavy (non-hydrogen) atoms. The third kappa shape index (κ3) is 3.33. The summed E-state index contributed by atoms with van der Waals surface area (Å²) in [5.41, 5.74) is 4.05. The van der Waals surface area contributed by atoms with Gasteiger partial charge in [0.2, 0.25) is 0 Å². The van der Waals surface area contributed by atoms with Crippen LogP contribution in [0.4, 0.5) is 10.1 Å². The maximum Gasteiger partial charge on any atom is 0.123 e. The van der Waals surface area contributed by atoms with Crippen LogP contribution in [-0.2, 0) is 6.42 Å². The summed E-state index contributed by atoms with van der Waals surface area (Å²) in [6.07, 6.45) is 0.769. The van der Waals surface area contributed by atoms with E-state index >= 15 is 0 Å². The van der Waals surface area contributed by atoms with Crippen LogP contribution in [0, 0.1) is 31.0 Å². The quantitative estimate of drug-likeness (QED) is 0.925. The summed E-state index contributed by atoms with van der Waals surface area (Å²) in [7, 11) is 0. The SMILES string of the molecule is Cc1cc(NCCc2ccc(F)cc2)c(C#N)c(C)n1. The van der Waals surface area contributed by atoms with Crippen LogP contribution in [0.3, 0.4) is 0 Å². The third-order valence-corrected chi connectivity index (χ3v) is 3.08. The smallest absolute Gasteiger partial charge is 0.123 e. The van der Waals surface area contributed by atoms with Crippen LogP contribution in [0.25, 0.3) is 0 Å². The van der Waals surface area contributed by atoms with Gasteiger partial charge in [0.1, 0.15) is 11.9 Å². The Hall–Kier alpha value is -2.41. The Morgan fingerprint density at radius 2 is 1.95 bits per heavy atom. The number of nitriles is 1. The van der Waals surface area contributed by atoms with Crippen LogP contribution in [0.1, 0.15) is 22.5 Å². The second-order valence-corrected chi connectivity index (χ2v) is 4.69. The molecule has 0 fully saturated rings. The van der Waals surface area contributed by atoms with Crippen molar-refractivity contribution in [3.63, 3.8) is 0 Å². The van der Waals surface area contributed by atoms with Crippen molar-refractivity contribution < 1.29 is 4.39 Å². The molecule has 2 rings (SSSR count). The molecule has 0 radical (unpaired) electrons. The van der Waals surface area contributed by atoms with Gasteiger partial charge < -0.3 is 5.32 Å². The number of aromatic nitrogens is 1. The number of hydrogen-bond acceptors (Lipinski definition) is 3. The minimum atomic E-state index is -0.228. The first kappa shape index (κ1) is 14.0. The minimum Gasteiger partial charge on any atom is -0.384 e. The minimum absolute atomic E-state index is 0.228. The molecule has 0 atom stereocenters. The Labute approximate surface area is 118 Å². The second kappa shape index (κ2) is 6.16. The van der Waals surface area contributed by atoms with E-state index in [1.54, 1.807) is 12.1 Å². The summed E-state index contributed by atoms with van der Waals surface area (Å²) in [6.45, 7) is 4.42. The van der Waals surface area contributed by atoms with Crippen LogP contribution in [0.2, 0.25) is 0 Å². The van der Waals surface area contributed by atoms with Gasteiger partial charge in [-0.1, -0.05) is 12.1 Å². The Bertz CT molecular complexity index is 642. The highest BCUT2D eigenvalue weighted by molar-refractivity contribution is 5.59. The molecule has 0 aliphatic carbocycles. The topological polar surface area (TPSA) is 48.7 Å². The molecule has 1 aromatic heterocycles. The predicted molar refractivity (Wildman–Crippen MR) is 77.0 cm³/mol. The first-order valence-corrected chi connectivity index (χ1v) is 6.47. The largest absolute Gasteiger partial charge is 0.384 e. The van der Waals surface area contributed by atoms with Crippen LogP contribution in [-0.4, -0.2) is 11.5 Å². The normalized spacial score (nSPS) is 10.1. The number of anilines is 1. The molecule has 0 spiro atoms. The van der Waals surface area contributed by atoms with Crippen molar-refractivity contribution in [1.82, 2.24) is 4.98 Å². The highest BCUT2D eigenvalue weighted by Gasteiger charge is 2.07. The fraction of sp³-hybridized carbons (Fsp3) is 0.250. The van der Waals surface area contributed by atoms with Crippen molar-refractivity contribution in [2.45, 2.75) is 20.3 Å². The Morgan fingerprint density at radius 1 is 1.25 bits per heavy atom. The van der Waals surface area contributed by atoms with E-state index in [4.69, 9.17) is 5.26 Å². The zero-order valence-electron chi connectivity index (χ0n) is 11.6. The van der Waals surface area contributed by atoms with Crippen molar-refractivity contribution in [2.75, 3.05) is 11.9 Å². The van der Waals surface area contributed by atoms with Gasteiger partial charge in [-0.2, -0.15) is 5.26 Å². The van der Waals surface area contributed by atoms with Gasteiger partial charge in [0.15, 0.2) is 0 Å². The molecule has 0 aliphatic heterocycles. The molecule has 0 saturated heterocycles. The zero-order chi connectivity index (χ0) is 14.5. The molecule has 0 bridgehead atoms. The summed E-state index contributed by atoms with van der Waals surface area (Å²) in [5.74, 6) is -0.228. The number of pyridine rings is 1. The molecule has 2 aromatic rings. The maximum atomic E-state index is 12.8. The lowest BCUT2D eigenvalue weighted by Crippen LogP contribution is -2.08. The van der Waals surface area contributed by atoms with E-state index in [0.717, 1.165) is 29.1 Å². The zero-order valence-corrected chi connectivity index (χ0v) is 11.6. The number of nitrogens with one attached hydrogen (secondary N) is 1. The lowest BCUT2D eigenvalue weighted by molar-refractivity contribution is 0.627. The molecule has 4 heteroatoms. The van der Waals surface area contributed by atoms with E-state index in [0.29, 0.717) is 12.1 Å². The van der Waals surface area contributed by atoms with Crippen LogP contribution in [0.15, 0.2) is 30.3 Å². The molecule has 102 valence electrons. The fourth-order valence-corrected chi connectivity index (χ4v) is 2.10. The summed E-state index contributed by atoms with van der Waals surface area (Å²) in [4.78, 5) is 4.28. The van der Waals surface area contributed by atoms with Crippen molar-refractivity contribution in [2.24, 2.45) is 0 Å². The summed E-state index contributed by atoms with van der Waals surface area (Å²) >= 11 is 0. The number of rotatable bonds is 4. The summed E-state index contributed by atoms with van der Waals surface area (Å²) in [5, 5.41) is 12.4. The van der Waals surface area contributed by atoms with Gasteiger partial charge in [0.25, 0.3) is 0 Å². The van der Waals surface area contributed by atoms with Gasteiger partial charge in [-0.25, -0.2) is 4.39 Å². The standard InChI is InChI=1S/C16H16FN3/c1-11-9-16(15(10-18)12(2)20-11)19-8-7-13-3-5-14(17)6-4-13/h3-6,9H,7-8H2,1-2H3,(H,19,20). The highest BCUT2D eigenvalue weighted by Crippen LogP contribution is 2.18. The summed E-state index contributed by atoms with van der Waals surface area (Å²) in [6, 6.07) is 10.5. The molecule has 1 N–H and O–H groups in total. The van der Waals surface area contributed by atoms with E-state index < -0.39 is 0 Å². The maximum absolute atomic E-state index is 12.8. The average molecular weight is 269 g/mol. The molecular formula is C16H16FN3. The summed E-state index contributed by atoms with van der Waals surface area (Å²) < 4.78 is 12.8. The van der Waals surface area contributed by atoms with E-state index in [1.165, 1.54) is 12.1 Å². The molecule has 0 amide bonds. The highest BCUT2D eigenvalue weighted by atomic mass is 19.1. The van der Waals surface area contributed by atoms with Gasteiger partial charge >= 0.3 is 0 Å². The first-order chi connectivity index (χ1) is 9.60. The fourth-order valence-electron chi connectivity index (χ4n) is 2.10. The van der Waals surface area contributed by atoms with Gasteiger partial charge in [-0.3, -0.25) is 4.98 Å². The van der Waals surface area contributed by atoms with E-state index in [9.17, 15) is 4.39 Å². The van der Waals surface area contributed by atoms with Crippen LogP contribution in [0.5, 0.6) is 0 Å². The van der Waals surface area contributed by atoms with E-state index in [2.05, 4.69) is 16.4 Å². The van der Waals surface area contributed by atoms with E-state index in [-0.39, 0.29) is 5.82 Å². The number of aryl methyl sites for hydroxylation is 2. The van der Waals surface area contributed by atoms with Gasteiger partial charge in [-0.05, 0) is 44.0 Å². The molecule has 0 unspecified atom stereocenters. The van der Waals surface area contributed by atoms with Crippen molar-refractivity contribution >= 4 is 5.69 Å².